The Morgan fingerprint density at radius 1 is 1.40 bits per heavy atom. The van der Waals surface area contributed by atoms with Crippen molar-refractivity contribution in [3.63, 3.8) is 0 Å². The number of nitrogens with two attached hydrogens (primary N) is 1. The van der Waals surface area contributed by atoms with E-state index in [0.717, 1.165) is 15.4 Å². The van der Waals surface area contributed by atoms with E-state index in [1.165, 1.54) is 0 Å². The summed E-state index contributed by atoms with van der Waals surface area (Å²) in [6.45, 7) is -0.0667. The third kappa shape index (κ3) is 3.04. The molecule has 0 radical (unpaired) electrons. The van der Waals surface area contributed by atoms with Crippen LogP contribution in [0.15, 0.2) is 21.9 Å². The molecule has 1 unspecified atom stereocenters. The number of halogens is 1. The lowest BCUT2D eigenvalue weighted by molar-refractivity contribution is 0.268. The first kappa shape index (κ1) is 13.2. The molecule has 0 saturated heterocycles. The minimum Gasteiger partial charge on any atom is -0.394 e. The molecule has 0 heterocycles. The van der Waals surface area contributed by atoms with Gasteiger partial charge in [0.2, 0.25) is 0 Å². The second-order valence-corrected chi connectivity index (χ2v) is 5.10. The predicted molar refractivity (Wildman–Crippen MR) is 69.0 cm³/mol. The first-order valence-corrected chi connectivity index (χ1v) is 7.24. The van der Waals surface area contributed by atoms with Crippen LogP contribution in [0.3, 0.4) is 0 Å². The lowest BCUT2D eigenvalue weighted by Gasteiger charge is -2.14. The van der Waals surface area contributed by atoms with Crippen LogP contribution < -0.4 is 5.73 Å². The molecule has 15 heavy (non-hydrogen) atoms. The minimum atomic E-state index is -0.357. The number of benzene rings is 1. The van der Waals surface area contributed by atoms with Gasteiger partial charge in [-0.15, -0.1) is 23.5 Å². The lowest BCUT2D eigenvalue weighted by atomic mass is 10.1. The third-order valence-corrected chi connectivity index (χ3v) is 4.23. The van der Waals surface area contributed by atoms with E-state index < -0.39 is 0 Å². The van der Waals surface area contributed by atoms with Gasteiger partial charge in [0, 0.05) is 9.79 Å². The fraction of sp³-hybridized carbons (Fsp3) is 0.400. The van der Waals surface area contributed by atoms with Crippen LogP contribution in [0.2, 0.25) is 5.02 Å². The monoisotopic (exact) mass is 263 g/mol. The molecule has 1 rings (SSSR count). The minimum absolute atomic E-state index is 0.0667. The van der Waals surface area contributed by atoms with E-state index in [1.807, 2.05) is 24.6 Å². The molecule has 0 fully saturated rings. The number of hydrogen-bond acceptors (Lipinski definition) is 4. The number of aliphatic hydroxyl groups excluding tert-OH is 1. The first-order valence-electron chi connectivity index (χ1n) is 4.41. The Morgan fingerprint density at radius 2 is 2.07 bits per heavy atom. The highest BCUT2D eigenvalue weighted by Gasteiger charge is 2.12. The predicted octanol–water partition coefficient (Wildman–Crippen LogP) is 2.78. The fourth-order valence-electron chi connectivity index (χ4n) is 1.26. The molecule has 5 heteroatoms. The Morgan fingerprint density at radius 3 is 2.53 bits per heavy atom. The van der Waals surface area contributed by atoms with Gasteiger partial charge in [-0.05, 0) is 30.2 Å². The molecule has 0 aliphatic carbocycles. The van der Waals surface area contributed by atoms with Crippen molar-refractivity contribution in [2.24, 2.45) is 5.73 Å². The maximum atomic E-state index is 8.99. The average Bonchev–Trinajstić information content (AvgIpc) is 2.26. The van der Waals surface area contributed by atoms with Crippen LogP contribution in [0.4, 0.5) is 0 Å². The van der Waals surface area contributed by atoms with Crippen LogP contribution in [-0.4, -0.2) is 24.2 Å². The van der Waals surface area contributed by atoms with Crippen LogP contribution in [-0.2, 0) is 0 Å². The van der Waals surface area contributed by atoms with E-state index in [9.17, 15) is 0 Å². The molecule has 1 aromatic carbocycles. The molecular weight excluding hydrogens is 250 g/mol. The van der Waals surface area contributed by atoms with E-state index in [2.05, 4.69) is 0 Å². The van der Waals surface area contributed by atoms with Crippen molar-refractivity contribution in [2.75, 3.05) is 19.1 Å². The highest BCUT2D eigenvalue weighted by molar-refractivity contribution is 8.01. The maximum absolute atomic E-state index is 8.99. The van der Waals surface area contributed by atoms with Crippen LogP contribution >= 0.6 is 35.1 Å². The molecule has 0 spiro atoms. The zero-order valence-electron chi connectivity index (χ0n) is 8.66. The summed E-state index contributed by atoms with van der Waals surface area (Å²) in [5.41, 5.74) is 6.63. The molecule has 1 atom stereocenters. The number of hydrogen-bond donors (Lipinski definition) is 2. The molecule has 0 amide bonds. The zero-order chi connectivity index (χ0) is 11.4. The maximum Gasteiger partial charge on any atom is 0.0624 e. The second-order valence-electron chi connectivity index (χ2n) is 3.03. The summed E-state index contributed by atoms with van der Waals surface area (Å²) in [6.07, 6.45) is 3.99. The summed E-state index contributed by atoms with van der Waals surface area (Å²) in [7, 11) is 0. The smallest absolute Gasteiger partial charge is 0.0624 e. The van der Waals surface area contributed by atoms with E-state index >= 15 is 0 Å². The van der Waals surface area contributed by atoms with Gasteiger partial charge in [0.05, 0.1) is 17.7 Å². The second kappa shape index (κ2) is 6.01. The molecule has 0 bridgehead atoms. The lowest BCUT2D eigenvalue weighted by Crippen LogP contribution is -2.14. The summed E-state index contributed by atoms with van der Waals surface area (Å²) < 4.78 is 0. The van der Waals surface area contributed by atoms with Crippen molar-refractivity contribution in [1.82, 2.24) is 0 Å². The summed E-state index contributed by atoms with van der Waals surface area (Å²) in [6, 6.07) is 3.46. The van der Waals surface area contributed by atoms with E-state index in [0.29, 0.717) is 5.02 Å². The highest BCUT2D eigenvalue weighted by Crippen LogP contribution is 2.36. The summed E-state index contributed by atoms with van der Waals surface area (Å²) >= 11 is 9.40. The Labute approximate surface area is 104 Å². The number of thioether (sulfide) groups is 2. The SMILES string of the molecule is CSc1cc(C(N)CO)cc(Cl)c1SC. The molecule has 0 aliphatic rings. The third-order valence-electron chi connectivity index (χ3n) is 2.08. The van der Waals surface area contributed by atoms with Gasteiger partial charge in [-0.2, -0.15) is 0 Å². The highest BCUT2D eigenvalue weighted by atomic mass is 35.5. The summed E-state index contributed by atoms with van der Waals surface area (Å²) in [5.74, 6) is 0. The van der Waals surface area contributed by atoms with Crippen molar-refractivity contribution >= 4 is 35.1 Å². The molecule has 2 nitrogen and oxygen atoms in total. The van der Waals surface area contributed by atoms with E-state index in [-0.39, 0.29) is 12.6 Å². The molecule has 0 saturated carbocycles. The van der Waals surface area contributed by atoms with Crippen molar-refractivity contribution < 1.29 is 5.11 Å². The zero-order valence-corrected chi connectivity index (χ0v) is 11.0. The van der Waals surface area contributed by atoms with Gasteiger partial charge in [-0.25, -0.2) is 0 Å². The van der Waals surface area contributed by atoms with Crippen LogP contribution in [0, 0.1) is 0 Å². The Kier molecular flexibility index (Phi) is 5.29. The van der Waals surface area contributed by atoms with E-state index in [1.54, 1.807) is 23.5 Å². The Bertz CT molecular complexity index is 346. The fourth-order valence-corrected chi connectivity index (χ4v) is 3.34. The van der Waals surface area contributed by atoms with Crippen molar-refractivity contribution in [2.45, 2.75) is 15.8 Å². The largest absolute Gasteiger partial charge is 0.394 e. The summed E-state index contributed by atoms with van der Waals surface area (Å²) in [5, 5.41) is 9.69. The molecule has 84 valence electrons. The normalized spacial score (nSPS) is 12.9. The van der Waals surface area contributed by atoms with Crippen LogP contribution in [0.5, 0.6) is 0 Å². The molecule has 1 aromatic rings. The molecular formula is C10H14ClNOS2. The van der Waals surface area contributed by atoms with Gasteiger partial charge < -0.3 is 10.8 Å². The first-order chi connectivity index (χ1) is 7.13. The van der Waals surface area contributed by atoms with Gasteiger partial charge >= 0.3 is 0 Å². The van der Waals surface area contributed by atoms with Gasteiger partial charge in [0.1, 0.15) is 0 Å². The summed E-state index contributed by atoms with van der Waals surface area (Å²) in [4.78, 5) is 2.17. The van der Waals surface area contributed by atoms with Gasteiger partial charge in [-0.3, -0.25) is 0 Å². The molecule has 0 aromatic heterocycles. The average molecular weight is 264 g/mol. The van der Waals surface area contributed by atoms with Crippen molar-refractivity contribution in [3.8, 4) is 0 Å². The quantitative estimate of drug-likeness (QED) is 0.820. The number of rotatable bonds is 4. The van der Waals surface area contributed by atoms with Crippen molar-refractivity contribution in [1.29, 1.82) is 0 Å². The Hall–Kier alpha value is 0.130. The standard InChI is InChI=1S/C10H14ClNOS2/c1-14-9-4-6(8(12)5-13)3-7(11)10(9)15-2/h3-4,8,13H,5,12H2,1-2H3. The van der Waals surface area contributed by atoms with Crippen LogP contribution in [0.25, 0.3) is 0 Å². The van der Waals surface area contributed by atoms with E-state index in [4.69, 9.17) is 22.4 Å². The molecule has 3 N–H and O–H groups in total. The van der Waals surface area contributed by atoms with Gasteiger partial charge in [0.25, 0.3) is 0 Å². The van der Waals surface area contributed by atoms with Crippen molar-refractivity contribution in [3.05, 3.63) is 22.7 Å². The van der Waals surface area contributed by atoms with Crippen LogP contribution in [0.1, 0.15) is 11.6 Å². The topological polar surface area (TPSA) is 46.2 Å². The Balaban J connectivity index is 3.19. The van der Waals surface area contributed by atoms with Gasteiger partial charge in [-0.1, -0.05) is 11.6 Å². The van der Waals surface area contributed by atoms with Gasteiger partial charge in [0.15, 0.2) is 0 Å². The number of aliphatic hydroxyl groups is 1. The molecule has 0 aliphatic heterocycles.